The maximum Gasteiger partial charge on any atom is 0.265 e. The Morgan fingerprint density at radius 2 is 2.00 bits per heavy atom. The number of carbonyl (C=O) groups excluding carboxylic acids is 1. The van der Waals surface area contributed by atoms with Crippen LogP contribution in [-0.2, 0) is 4.79 Å². The summed E-state index contributed by atoms with van der Waals surface area (Å²) in [7, 11) is 1.70. The van der Waals surface area contributed by atoms with Crippen LogP contribution in [0.25, 0.3) is 27.7 Å². The van der Waals surface area contributed by atoms with Gasteiger partial charge in [0.15, 0.2) is 0 Å². The van der Waals surface area contributed by atoms with Crippen LogP contribution in [0, 0.1) is 0 Å². The van der Waals surface area contributed by atoms with Gasteiger partial charge in [-0.3, -0.25) is 9.69 Å². The first kappa shape index (κ1) is 14.7. The fourth-order valence-electron chi connectivity index (χ4n) is 2.35. The van der Waals surface area contributed by atoms with E-state index in [0.29, 0.717) is 9.23 Å². The fourth-order valence-corrected chi connectivity index (χ4v) is 4.55. The number of thioether (sulfide) groups is 1. The van der Waals surface area contributed by atoms with Gasteiger partial charge in [0, 0.05) is 23.6 Å². The van der Waals surface area contributed by atoms with Gasteiger partial charge in [-0.05, 0) is 12.1 Å². The standard InChI is InChI=1S/C17H11NO2S3/c1-18-16(19)15(23-17(18)21)8-11-7-13-14(22-11)9-12(20-13)10-5-3-2-4-6-10/h2-9H,1H3/b15-8+. The molecule has 0 saturated carbocycles. The third-order valence-electron chi connectivity index (χ3n) is 3.54. The quantitative estimate of drug-likeness (QED) is 0.478. The lowest BCUT2D eigenvalue weighted by atomic mass is 10.2. The molecule has 0 spiro atoms. The van der Waals surface area contributed by atoms with E-state index in [4.69, 9.17) is 16.6 Å². The van der Waals surface area contributed by atoms with Crippen LogP contribution in [0.2, 0.25) is 0 Å². The van der Waals surface area contributed by atoms with Crippen LogP contribution < -0.4 is 0 Å². The zero-order valence-corrected chi connectivity index (χ0v) is 14.6. The fraction of sp³-hybridized carbons (Fsp3) is 0.0588. The maximum absolute atomic E-state index is 12.0. The summed E-state index contributed by atoms with van der Waals surface area (Å²) in [5.41, 5.74) is 1.90. The van der Waals surface area contributed by atoms with Gasteiger partial charge in [0.1, 0.15) is 15.7 Å². The second-order valence-corrected chi connectivity index (χ2v) is 7.89. The van der Waals surface area contributed by atoms with Gasteiger partial charge in [-0.1, -0.05) is 54.3 Å². The van der Waals surface area contributed by atoms with E-state index in [2.05, 4.69) is 0 Å². The molecule has 1 amide bonds. The Balaban J connectivity index is 1.68. The Labute approximate surface area is 146 Å². The number of furan rings is 1. The molecule has 0 N–H and O–H groups in total. The molecule has 6 heteroatoms. The van der Waals surface area contributed by atoms with Crippen LogP contribution >= 0.6 is 35.3 Å². The van der Waals surface area contributed by atoms with E-state index in [1.807, 2.05) is 48.5 Å². The van der Waals surface area contributed by atoms with Gasteiger partial charge in [0.25, 0.3) is 5.91 Å². The van der Waals surface area contributed by atoms with Crippen molar-refractivity contribution >= 4 is 61.9 Å². The van der Waals surface area contributed by atoms with Crippen LogP contribution in [0.4, 0.5) is 0 Å². The number of rotatable bonds is 2. The van der Waals surface area contributed by atoms with Crippen molar-refractivity contribution in [3.8, 4) is 11.3 Å². The van der Waals surface area contributed by atoms with Crippen LogP contribution in [0.5, 0.6) is 0 Å². The summed E-state index contributed by atoms with van der Waals surface area (Å²) in [5, 5.41) is 0. The summed E-state index contributed by atoms with van der Waals surface area (Å²) in [4.78, 5) is 15.2. The normalized spacial score (nSPS) is 16.9. The van der Waals surface area contributed by atoms with E-state index < -0.39 is 0 Å². The first-order chi connectivity index (χ1) is 11.1. The zero-order chi connectivity index (χ0) is 16.0. The number of thiocarbonyl (C=S) groups is 1. The van der Waals surface area contributed by atoms with Crippen molar-refractivity contribution in [2.75, 3.05) is 7.05 Å². The van der Waals surface area contributed by atoms with Crippen LogP contribution in [0.15, 0.2) is 51.8 Å². The number of hydrogen-bond donors (Lipinski definition) is 0. The third-order valence-corrected chi connectivity index (χ3v) is 6.04. The first-order valence-corrected chi connectivity index (χ1v) is 8.96. The molecule has 1 aromatic carbocycles. The molecular formula is C17H11NO2S3. The van der Waals surface area contributed by atoms with E-state index in [1.165, 1.54) is 16.7 Å². The molecule has 4 rings (SSSR count). The Morgan fingerprint density at radius 3 is 2.65 bits per heavy atom. The number of nitrogens with zero attached hydrogens (tertiary/aromatic N) is 1. The van der Waals surface area contributed by atoms with E-state index in [-0.39, 0.29) is 5.91 Å². The predicted molar refractivity (Wildman–Crippen MR) is 100 cm³/mol. The molecule has 0 unspecified atom stereocenters. The Bertz CT molecular complexity index is 921. The summed E-state index contributed by atoms with van der Waals surface area (Å²) >= 11 is 8.08. The summed E-state index contributed by atoms with van der Waals surface area (Å²) in [6, 6.07) is 14.0. The molecular weight excluding hydrogens is 346 g/mol. The highest BCUT2D eigenvalue weighted by atomic mass is 32.2. The minimum Gasteiger partial charge on any atom is -0.455 e. The average molecular weight is 357 g/mol. The summed E-state index contributed by atoms with van der Waals surface area (Å²) in [5.74, 6) is 0.813. The molecule has 23 heavy (non-hydrogen) atoms. The van der Waals surface area contributed by atoms with Gasteiger partial charge in [0.2, 0.25) is 0 Å². The molecule has 3 heterocycles. The molecule has 0 bridgehead atoms. The number of benzene rings is 1. The molecule has 0 aliphatic carbocycles. The Hall–Kier alpha value is -1.89. The highest BCUT2D eigenvalue weighted by Gasteiger charge is 2.28. The van der Waals surface area contributed by atoms with E-state index in [1.54, 1.807) is 18.4 Å². The number of carbonyl (C=O) groups is 1. The minimum absolute atomic E-state index is 0.0463. The molecule has 0 atom stereocenters. The minimum atomic E-state index is -0.0463. The van der Waals surface area contributed by atoms with Crippen molar-refractivity contribution in [1.29, 1.82) is 0 Å². The van der Waals surface area contributed by atoms with Gasteiger partial charge in [0.05, 0.1) is 9.61 Å². The average Bonchev–Trinajstić information content (AvgIpc) is 3.17. The van der Waals surface area contributed by atoms with Crippen LogP contribution in [0.1, 0.15) is 4.88 Å². The van der Waals surface area contributed by atoms with Crippen LogP contribution in [0.3, 0.4) is 0 Å². The molecule has 0 radical (unpaired) electrons. The number of thiophene rings is 1. The van der Waals surface area contributed by atoms with Crippen LogP contribution in [-0.4, -0.2) is 22.2 Å². The topological polar surface area (TPSA) is 33.5 Å². The monoisotopic (exact) mass is 357 g/mol. The lowest BCUT2D eigenvalue weighted by Crippen LogP contribution is -2.22. The van der Waals surface area contributed by atoms with E-state index in [9.17, 15) is 4.79 Å². The van der Waals surface area contributed by atoms with E-state index >= 15 is 0 Å². The van der Waals surface area contributed by atoms with Crippen molar-refractivity contribution in [3.63, 3.8) is 0 Å². The molecule has 114 valence electrons. The van der Waals surface area contributed by atoms with Gasteiger partial charge in [-0.2, -0.15) is 0 Å². The second kappa shape index (κ2) is 5.63. The van der Waals surface area contributed by atoms with Crippen molar-refractivity contribution in [1.82, 2.24) is 4.90 Å². The highest BCUT2D eigenvalue weighted by molar-refractivity contribution is 8.26. The number of amides is 1. The molecule has 1 fully saturated rings. The lowest BCUT2D eigenvalue weighted by molar-refractivity contribution is -0.121. The summed E-state index contributed by atoms with van der Waals surface area (Å²) in [6.07, 6.45) is 1.88. The summed E-state index contributed by atoms with van der Waals surface area (Å²) < 4.78 is 7.58. The van der Waals surface area contributed by atoms with Gasteiger partial charge in [-0.25, -0.2) is 0 Å². The summed E-state index contributed by atoms with van der Waals surface area (Å²) in [6.45, 7) is 0. The van der Waals surface area contributed by atoms with Gasteiger partial charge in [-0.15, -0.1) is 11.3 Å². The predicted octanol–water partition coefficient (Wildman–Crippen LogP) is 4.99. The zero-order valence-electron chi connectivity index (χ0n) is 12.1. The molecule has 3 nitrogen and oxygen atoms in total. The number of fused-ring (bicyclic) bond motifs is 1. The second-order valence-electron chi connectivity index (χ2n) is 5.09. The van der Waals surface area contributed by atoms with Crippen molar-refractivity contribution < 1.29 is 9.21 Å². The molecule has 2 aromatic heterocycles. The Morgan fingerprint density at radius 1 is 1.22 bits per heavy atom. The molecule has 3 aromatic rings. The van der Waals surface area contributed by atoms with Crippen molar-refractivity contribution in [3.05, 3.63) is 52.2 Å². The molecule has 1 aliphatic heterocycles. The van der Waals surface area contributed by atoms with Gasteiger partial charge >= 0.3 is 0 Å². The molecule has 1 aliphatic rings. The largest absolute Gasteiger partial charge is 0.455 e. The third kappa shape index (κ3) is 2.63. The lowest BCUT2D eigenvalue weighted by Gasteiger charge is -2.03. The van der Waals surface area contributed by atoms with Crippen molar-refractivity contribution in [2.24, 2.45) is 0 Å². The molecule has 1 saturated heterocycles. The number of likely N-dealkylation sites (N-methyl/N-ethyl adjacent to an activating group) is 1. The number of hydrogen-bond acceptors (Lipinski definition) is 5. The smallest absolute Gasteiger partial charge is 0.265 e. The van der Waals surface area contributed by atoms with Gasteiger partial charge < -0.3 is 4.42 Å². The van der Waals surface area contributed by atoms with Crippen molar-refractivity contribution in [2.45, 2.75) is 0 Å². The SMILES string of the molecule is CN1C(=O)/C(=C\c2cc3oc(-c4ccccc4)cc3s2)SC1=S. The Kier molecular flexibility index (Phi) is 3.60. The first-order valence-electron chi connectivity index (χ1n) is 6.92. The maximum atomic E-state index is 12.0. The highest BCUT2D eigenvalue weighted by Crippen LogP contribution is 2.37. The van der Waals surface area contributed by atoms with E-state index in [0.717, 1.165) is 26.5 Å².